The molecule has 1 saturated carbocycles. The van der Waals surface area contributed by atoms with Crippen molar-refractivity contribution in [2.75, 3.05) is 0 Å². The Bertz CT molecular complexity index is 615. The topological polar surface area (TPSA) is 110 Å². The van der Waals surface area contributed by atoms with Gasteiger partial charge >= 0.3 is 0 Å². The molecule has 2 atom stereocenters. The van der Waals surface area contributed by atoms with Crippen LogP contribution in [-0.4, -0.2) is 30.6 Å². The molecule has 0 unspecified atom stereocenters. The smallest absolute Gasteiger partial charge is 0.300 e. The molecule has 1 heterocycles. The van der Waals surface area contributed by atoms with Gasteiger partial charge in [-0.25, -0.2) is 13.1 Å². The molecule has 0 amide bonds. The minimum atomic E-state index is -3.91. The van der Waals surface area contributed by atoms with Crippen molar-refractivity contribution in [3.63, 3.8) is 0 Å². The Balaban J connectivity index is 2.22. The summed E-state index contributed by atoms with van der Waals surface area (Å²) in [5.74, 6) is 0. The van der Waals surface area contributed by atoms with Crippen molar-refractivity contribution in [1.29, 1.82) is 0 Å². The van der Waals surface area contributed by atoms with Crippen LogP contribution < -0.4 is 4.72 Å². The quantitative estimate of drug-likeness (QED) is 0.642. The summed E-state index contributed by atoms with van der Waals surface area (Å²) in [6.07, 6.45) is 2.04. The maximum absolute atomic E-state index is 12.1. The molecule has 10 heteroatoms. The molecule has 1 aromatic heterocycles. The molecular formula is C10H13ClN2O5S2. The van der Waals surface area contributed by atoms with Crippen LogP contribution in [0.15, 0.2) is 10.3 Å². The number of rotatable bonds is 4. The molecular weight excluding hydrogens is 328 g/mol. The van der Waals surface area contributed by atoms with Gasteiger partial charge in [0.1, 0.15) is 4.21 Å². The predicted molar refractivity (Wildman–Crippen MR) is 74.6 cm³/mol. The molecule has 1 aliphatic carbocycles. The van der Waals surface area contributed by atoms with Crippen LogP contribution in [0.5, 0.6) is 0 Å². The van der Waals surface area contributed by atoms with E-state index in [4.69, 9.17) is 11.6 Å². The number of aliphatic hydroxyl groups excluding tert-OH is 1. The van der Waals surface area contributed by atoms with Crippen LogP contribution in [0.4, 0.5) is 5.69 Å². The maximum Gasteiger partial charge on any atom is 0.300 e. The van der Waals surface area contributed by atoms with Crippen molar-refractivity contribution in [3.05, 3.63) is 20.5 Å². The minimum Gasteiger partial charge on any atom is -0.391 e. The average molecular weight is 341 g/mol. The van der Waals surface area contributed by atoms with Crippen LogP contribution in [-0.2, 0) is 10.0 Å². The van der Waals surface area contributed by atoms with E-state index in [1.165, 1.54) is 0 Å². The highest BCUT2D eigenvalue weighted by molar-refractivity contribution is 7.91. The lowest BCUT2D eigenvalue weighted by molar-refractivity contribution is -0.384. The molecule has 1 aromatic rings. The standard InChI is InChI=1S/C10H13ClN2O5S2/c11-10-7(13(15)16)5-9(19-10)20(17,18)12-6-3-1-2-4-8(6)14/h5-6,8,12,14H,1-4H2/t6-,8-/m1/s1. The summed E-state index contributed by atoms with van der Waals surface area (Å²) in [5.41, 5.74) is -0.429. The van der Waals surface area contributed by atoms with Crippen molar-refractivity contribution in [1.82, 2.24) is 4.72 Å². The lowest BCUT2D eigenvalue weighted by Gasteiger charge is -2.27. The Morgan fingerprint density at radius 3 is 2.65 bits per heavy atom. The zero-order chi connectivity index (χ0) is 14.9. The molecule has 0 aliphatic heterocycles. The van der Waals surface area contributed by atoms with Gasteiger partial charge in [-0.15, -0.1) is 11.3 Å². The van der Waals surface area contributed by atoms with E-state index in [0.717, 1.165) is 18.9 Å². The largest absolute Gasteiger partial charge is 0.391 e. The van der Waals surface area contributed by atoms with Crippen LogP contribution in [0.25, 0.3) is 0 Å². The first-order valence-electron chi connectivity index (χ1n) is 5.95. The Kier molecular flexibility index (Phi) is 4.65. The third-order valence-corrected chi connectivity index (χ3v) is 6.45. The van der Waals surface area contributed by atoms with Gasteiger partial charge in [0, 0.05) is 12.1 Å². The van der Waals surface area contributed by atoms with E-state index in [2.05, 4.69) is 4.72 Å². The summed E-state index contributed by atoms with van der Waals surface area (Å²) < 4.78 is 26.3. The van der Waals surface area contributed by atoms with E-state index in [1.807, 2.05) is 0 Å². The summed E-state index contributed by atoms with van der Waals surface area (Å²) in [7, 11) is -3.91. The number of nitrogens with zero attached hydrogens (tertiary/aromatic N) is 1. The van der Waals surface area contributed by atoms with Crippen molar-refractivity contribution in [3.8, 4) is 0 Å². The monoisotopic (exact) mass is 340 g/mol. The van der Waals surface area contributed by atoms with E-state index in [9.17, 15) is 23.6 Å². The molecule has 20 heavy (non-hydrogen) atoms. The van der Waals surface area contributed by atoms with Gasteiger partial charge in [0.25, 0.3) is 15.7 Å². The highest BCUT2D eigenvalue weighted by Gasteiger charge is 2.31. The van der Waals surface area contributed by atoms with Crippen LogP contribution >= 0.6 is 22.9 Å². The number of sulfonamides is 1. The second kappa shape index (κ2) is 5.94. The van der Waals surface area contributed by atoms with Crippen molar-refractivity contribution >= 4 is 38.6 Å². The minimum absolute atomic E-state index is 0.181. The van der Waals surface area contributed by atoms with E-state index < -0.39 is 32.8 Å². The lowest BCUT2D eigenvalue weighted by Crippen LogP contribution is -2.44. The zero-order valence-corrected chi connectivity index (χ0v) is 12.7. The van der Waals surface area contributed by atoms with Crippen LogP contribution in [0.3, 0.4) is 0 Å². The van der Waals surface area contributed by atoms with Crippen LogP contribution in [0.2, 0.25) is 4.34 Å². The van der Waals surface area contributed by atoms with Gasteiger partial charge in [0.15, 0.2) is 4.34 Å². The molecule has 1 aliphatic rings. The van der Waals surface area contributed by atoms with Gasteiger partial charge in [-0.1, -0.05) is 24.4 Å². The van der Waals surface area contributed by atoms with E-state index in [1.54, 1.807) is 0 Å². The Morgan fingerprint density at radius 2 is 2.10 bits per heavy atom. The first-order chi connectivity index (χ1) is 9.31. The molecule has 0 bridgehead atoms. The molecule has 1 fully saturated rings. The van der Waals surface area contributed by atoms with Crippen molar-refractivity contribution in [2.24, 2.45) is 0 Å². The highest BCUT2D eigenvalue weighted by Crippen LogP contribution is 2.36. The predicted octanol–water partition coefficient (Wildman–Crippen LogP) is 1.89. The lowest BCUT2D eigenvalue weighted by atomic mass is 9.93. The first kappa shape index (κ1) is 15.6. The maximum atomic E-state index is 12.1. The number of thiophene rings is 1. The number of hydrogen-bond donors (Lipinski definition) is 2. The molecule has 7 nitrogen and oxygen atoms in total. The van der Waals surface area contributed by atoms with Gasteiger partial charge in [-0.3, -0.25) is 10.1 Å². The van der Waals surface area contributed by atoms with E-state index in [0.29, 0.717) is 24.2 Å². The fourth-order valence-corrected chi connectivity index (χ4v) is 5.09. The Morgan fingerprint density at radius 1 is 1.45 bits per heavy atom. The van der Waals surface area contributed by atoms with Crippen LogP contribution in [0, 0.1) is 10.1 Å². The van der Waals surface area contributed by atoms with Gasteiger partial charge in [0.05, 0.1) is 11.0 Å². The number of aliphatic hydroxyl groups is 1. The van der Waals surface area contributed by atoms with Gasteiger partial charge in [-0.2, -0.15) is 0 Å². The van der Waals surface area contributed by atoms with Gasteiger partial charge < -0.3 is 5.11 Å². The fraction of sp³-hybridized carbons (Fsp3) is 0.600. The number of halogens is 1. The molecule has 0 spiro atoms. The van der Waals surface area contributed by atoms with Crippen molar-refractivity contribution < 1.29 is 18.4 Å². The fourth-order valence-electron chi connectivity index (χ4n) is 2.10. The summed E-state index contributed by atoms with van der Waals surface area (Å²) in [4.78, 5) is 9.95. The molecule has 112 valence electrons. The summed E-state index contributed by atoms with van der Waals surface area (Å²) in [6.45, 7) is 0. The number of nitro groups is 1. The average Bonchev–Trinajstić information content (AvgIpc) is 2.75. The van der Waals surface area contributed by atoms with Crippen molar-refractivity contribution in [2.45, 2.75) is 42.0 Å². The van der Waals surface area contributed by atoms with E-state index in [-0.39, 0.29) is 8.55 Å². The Hall–Kier alpha value is -0.740. The second-order valence-corrected chi connectivity index (χ2v) is 8.16. The Labute approximate surface area is 124 Å². The molecule has 0 radical (unpaired) electrons. The summed E-state index contributed by atoms with van der Waals surface area (Å²) in [5, 5.41) is 20.4. The normalized spacial score (nSPS) is 23.7. The second-order valence-electron chi connectivity index (χ2n) is 4.56. The first-order valence-corrected chi connectivity index (χ1v) is 8.63. The zero-order valence-electron chi connectivity index (χ0n) is 10.3. The van der Waals surface area contributed by atoms with Gasteiger partial charge in [0.2, 0.25) is 0 Å². The number of nitrogens with one attached hydrogen (secondary N) is 1. The van der Waals surface area contributed by atoms with Crippen LogP contribution in [0.1, 0.15) is 25.7 Å². The molecule has 2 N–H and O–H groups in total. The third-order valence-electron chi connectivity index (χ3n) is 3.14. The highest BCUT2D eigenvalue weighted by atomic mass is 35.5. The molecule has 0 aromatic carbocycles. The summed E-state index contributed by atoms with van der Waals surface area (Å²) in [6, 6.07) is 0.374. The van der Waals surface area contributed by atoms with Gasteiger partial charge in [-0.05, 0) is 12.8 Å². The van der Waals surface area contributed by atoms with E-state index >= 15 is 0 Å². The number of hydrogen-bond acceptors (Lipinski definition) is 6. The molecule has 0 saturated heterocycles. The SMILES string of the molecule is O=[N+]([O-])c1cc(S(=O)(=O)N[C@@H]2CCCC[C@H]2O)sc1Cl. The third kappa shape index (κ3) is 3.29. The summed E-state index contributed by atoms with van der Waals surface area (Å²) >= 11 is 6.28. The molecule has 2 rings (SSSR count).